The molecule has 2 rings (SSSR count). The van der Waals surface area contributed by atoms with Crippen molar-refractivity contribution >= 4 is 5.91 Å². The molecular formula is C16H21N3O. The molecule has 0 radical (unpaired) electrons. The SMILES string of the molecule is CCCN1CCCN(C(=O)c2cccc(C#N)c2)CC1. The number of hydrogen-bond donors (Lipinski definition) is 0. The average Bonchev–Trinajstić information content (AvgIpc) is 2.73. The van der Waals surface area contributed by atoms with Crippen LogP contribution in [-0.2, 0) is 0 Å². The third kappa shape index (κ3) is 3.58. The molecule has 4 heteroatoms. The maximum atomic E-state index is 12.5. The largest absolute Gasteiger partial charge is 0.337 e. The van der Waals surface area contributed by atoms with Crippen LogP contribution >= 0.6 is 0 Å². The lowest BCUT2D eigenvalue weighted by molar-refractivity contribution is 0.0761. The predicted molar refractivity (Wildman–Crippen MR) is 78.4 cm³/mol. The Morgan fingerprint density at radius 1 is 1.30 bits per heavy atom. The highest BCUT2D eigenvalue weighted by molar-refractivity contribution is 5.94. The van der Waals surface area contributed by atoms with Crippen LogP contribution in [0.1, 0.15) is 35.7 Å². The van der Waals surface area contributed by atoms with Gasteiger partial charge in [-0.05, 0) is 44.1 Å². The second-order valence-corrected chi connectivity index (χ2v) is 5.18. The molecule has 0 atom stereocenters. The summed E-state index contributed by atoms with van der Waals surface area (Å²) in [6, 6.07) is 9.04. The van der Waals surface area contributed by atoms with Crippen molar-refractivity contribution in [3.63, 3.8) is 0 Å². The Labute approximate surface area is 120 Å². The standard InChI is InChI=1S/C16H21N3O/c1-2-7-18-8-4-9-19(11-10-18)16(20)15-6-3-5-14(12-15)13-17/h3,5-6,12H,2,4,7-11H2,1H3. The number of carbonyl (C=O) groups excluding carboxylic acids is 1. The molecule has 20 heavy (non-hydrogen) atoms. The summed E-state index contributed by atoms with van der Waals surface area (Å²) in [5.41, 5.74) is 1.16. The topological polar surface area (TPSA) is 47.3 Å². The Morgan fingerprint density at radius 3 is 2.90 bits per heavy atom. The minimum Gasteiger partial charge on any atom is -0.337 e. The van der Waals surface area contributed by atoms with Gasteiger partial charge in [0.1, 0.15) is 0 Å². The van der Waals surface area contributed by atoms with Gasteiger partial charge in [0.15, 0.2) is 0 Å². The summed E-state index contributed by atoms with van der Waals surface area (Å²) in [4.78, 5) is 16.8. The van der Waals surface area contributed by atoms with Gasteiger partial charge in [0.25, 0.3) is 5.91 Å². The fourth-order valence-electron chi connectivity index (χ4n) is 2.62. The fraction of sp³-hybridized carbons (Fsp3) is 0.500. The van der Waals surface area contributed by atoms with E-state index in [4.69, 9.17) is 5.26 Å². The minimum absolute atomic E-state index is 0.0421. The zero-order chi connectivity index (χ0) is 14.4. The van der Waals surface area contributed by atoms with E-state index in [2.05, 4.69) is 17.9 Å². The molecule has 1 aliphatic rings. The number of rotatable bonds is 3. The lowest BCUT2D eigenvalue weighted by atomic mass is 10.1. The average molecular weight is 271 g/mol. The van der Waals surface area contributed by atoms with Crippen LogP contribution in [0.2, 0.25) is 0 Å². The zero-order valence-electron chi connectivity index (χ0n) is 12.0. The molecule has 1 aromatic carbocycles. The summed E-state index contributed by atoms with van der Waals surface area (Å²) in [7, 11) is 0. The molecular weight excluding hydrogens is 250 g/mol. The molecule has 1 saturated heterocycles. The molecule has 0 N–H and O–H groups in total. The van der Waals surface area contributed by atoms with E-state index in [1.165, 1.54) is 0 Å². The molecule has 0 aliphatic carbocycles. The Bertz CT molecular complexity index is 507. The van der Waals surface area contributed by atoms with E-state index in [0.29, 0.717) is 11.1 Å². The Hall–Kier alpha value is -1.86. The summed E-state index contributed by atoms with van der Waals surface area (Å²) < 4.78 is 0. The van der Waals surface area contributed by atoms with Crippen LogP contribution in [0.15, 0.2) is 24.3 Å². The van der Waals surface area contributed by atoms with E-state index < -0.39 is 0 Å². The van der Waals surface area contributed by atoms with E-state index >= 15 is 0 Å². The molecule has 1 heterocycles. The molecule has 0 aromatic heterocycles. The van der Waals surface area contributed by atoms with E-state index in [9.17, 15) is 4.79 Å². The molecule has 1 amide bonds. The highest BCUT2D eigenvalue weighted by atomic mass is 16.2. The molecule has 1 aliphatic heterocycles. The highest BCUT2D eigenvalue weighted by Crippen LogP contribution is 2.11. The van der Waals surface area contributed by atoms with Crippen molar-refractivity contribution in [2.24, 2.45) is 0 Å². The van der Waals surface area contributed by atoms with Crippen LogP contribution in [0.5, 0.6) is 0 Å². The van der Waals surface area contributed by atoms with Crippen LogP contribution < -0.4 is 0 Å². The van der Waals surface area contributed by atoms with E-state index in [1.807, 2.05) is 4.90 Å². The molecule has 4 nitrogen and oxygen atoms in total. The lowest BCUT2D eigenvalue weighted by Crippen LogP contribution is -2.35. The molecule has 1 fully saturated rings. The normalized spacial score (nSPS) is 16.5. The second kappa shape index (κ2) is 7.06. The van der Waals surface area contributed by atoms with Gasteiger partial charge in [0, 0.05) is 25.2 Å². The van der Waals surface area contributed by atoms with Crippen LogP contribution in [0.4, 0.5) is 0 Å². The first-order valence-corrected chi connectivity index (χ1v) is 7.26. The Kier molecular flexibility index (Phi) is 5.14. The number of nitriles is 1. The summed E-state index contributed by atoms with van der Waals surface area (Å²) in [6.07, 6.45) is 2.17. The molecule has 0 spiro atoms. The van der Waals surface area contributed by atoms with Gasteiger partial charge in [0.05, 0.1) is 11.6 Å². The number of nitrogens with zero attached hydrogens (tertiary/aromatic N) is 3. The first-order chi connectivity index (χ1) is 9.74. The van der Waals surface area contributed by atoms with E-state index in [-0.39, 0.29) is 5.91 Å². The van der Waals surface area contributed by atoms with Gasteiger partial charge in [-0.15, -0.1) is 0 Å². The van der Waals surface area contributed by atoms with E-state index in [1.54, 1.807) is 24.3 Å². The number of carbonyl (C=O) groups is 1. The van der Waals surface area contributed by atoms with Crippen molar-refractivity contribution in [1.29, 1.82) is 5.26 Å². The zero-order valence-corrected chi connectivity index (χ0v) is 12.0. The van der Waals surface area contributed by atoms with Crippen LogP contribution in [0.25, 0.3) is 0 Å². The van der Waals surface area contributed by atoms with Crippen LogP contribution in [0, 0.1) is 11.3 Å². The number of benzene rings is 1. The maximum absolute atomic E-state index is 12.5. The maximum Gasteiger partial charge on any atom is 0.253 e. The third-order valence-electron chi connectivity index (χ3n) is 3.65. The van der Waals surface area contributed by atoms with Gasteiger partial charge in [0.2, 0.25) is 0 Å². The van der Waals surface area contributed by atoms with Gasteiger partial charge in [-0.1, -0.05) is 13.0 Å². The summed E-state index contributed by atoms with van der Waals surface area (Å²) in [6.45, 7) is 6.87. The predicted octanol–water partition coefficient (Wildman–Crippen LogP) is 2.12. The van der Waals surface area contributed by atoms with Crippen molar-refractivity contribution in [3.8, 4) is 6.07 Å². The third-order valence-corrected chi connectivity index (χ3v) is 3.65. The second-order valence-electron chi connectivity index (χ2n) is 5.18. The molecule has 106 valence electrons. The van der Waals surface area contributed by atoms with Crippen molar-refractivity contribution in [1.82, 2.24) is 9.80 Å². The first kappa shape index (κ1) is 14.5. The summed E-state index contributed by atoms with van der Waals surface area (Å²) in [5, 5.41) is 8.91. The molecule has 0 bridgehead atoms. The van der Waals surface area contributed by atoms with Gasteiger partial charge >= 0.3 is 0 Å². The molecule has 0 unspecified atom stereocenters. The minimum atomic E-state index is 0.0421. The monoisotopic (exact) mass is 271 g/mol. The Morgan fingerprint density at radius 2 is 2.15 bits per heavy atom. The van der Waals surface area contributed by atoms with Crippen molar-refractivity contribution in [2.75, 3.05) is 32.7 Å². The van der Waals surface area contributed by atoms with Gasteiger partial charge < -0.3 is 9.80 Å². The highest BCUT2D eigenvalue weighted by Gasteiger charge is 2.19. The van der Waals surface area contributed by atoms with Crippen molar-refractivity contribution < 1.29 is 4.79 Å². The summed E-state index contributed by atoms with van der Waals surface area (Å²) in [5.74, 6) is 0.0421. The van der Waals surface area contributed by atoms with Crippen LogP contribution in [0.3, 0.4) is 0 Å². The number of amides is 1. The van der Waals surface area contributed by atoms with Gasteiger partial charge in [-0.3, -0.25) is 4.79 Å². The lowest BCUT2D eigenvalue weighted by Gasteiger charge is -2.21. The molecule has 0 saturated carbocycles. The van der Waals surface area contributed by atoms with Gasteiger partial charge in [-0.25, -0.2) is 0 Å². The quantitative estimate of drug-likeness (QED) is 0.846. The molecule has 1 aromatic rings. The first-order valence-electron chi connectivity index (χ1n) is 7.26. The smallest absolute Gasteiger partial charge is 0.253 e. The summed E-state index contributed by atoms with van der Waals surface area (Å²) >= 11 is 0. The van der Waals surface area contributed by atoms with Crippen LogP contribution in [-0.4, -0.2) is 48.4 Å². The van der Waals surface area contributed by atoms with Crippen molar-refractivity contribution in [3.05, 3.63) is 35.4 Å². The number of hydrogen-bond acceptors (Lipinski definition) is 3. The Balaban J connectivity index is 2.03. The van der Waals surface area contributed by atoms with Gasteiger partial charge in [-0.2, -0.15) is 5.26 Å². The fourth-order valence-corrected chi connectivity index (χ4v) is 2.62. The van der Waals surface area contributed by atoms with E-state index in [0.717, 1.165) is 45.6 Å². The van der Waals surface area contributed by atoms with Crippen molar-refractivity contribution in [2.45, 2.75) is 19.8 Å².